The first kappa shape index (κ1) is 74.8. The van der Waals surface area contributed by atoms with Crippen molar-refractivity contribution in [2.24, 2.45) is 0 Å². The molecule has 16 nitrogen and oxygen atoms in total. The molecule has 0 unspecified atom stereocenters. The molecule has 4 N–H and O–H groups in total. The molecular formula is C90H108O16. The zero-order chi connectivity index (χ0) is 74.7. The zero-order valence-electron chi connectivity index (χ0n) is 64.1. The number of hydrogen-bond donors (Lipinski definition) is 4. The van der Waals surface area contributed by atoms with Crippen molar-refractivity contribution in [1.29, 1.82) is 0 Å². The highest BCUT2D eigenvalue weighted by Gasteiger charge is 2.38. The molecule has 8 aromatic rings. The van der Waals surface area contributed by atoms with Crippen LogP contribution >= 0.6 is 0 Å². The van der Waals surface area contributed by atoms with Gasteiger partial charge >= 0.3 is 0 Å². The van der Waals surface area contributed by atoms with Crippen molar-refractivity contribution in [3.8, 4) is 92.0 Å². The number of phenolic OH excluding ortho intramolecular Hbond substituents is 4. The van der Waals surface area contributed by atoms with Crippen LogP contribution < -0.4 is 56.8 Å². The summed E-state index contributed by atoms with van der Waals surface area (Å²) in [6.07, 6.45) is 13.2. The van der Waals surface area contributed by atoms with Gasteiger partial charge in [0.2, 0.25) is 0 Å². The monoisotopic (exact) mass is 1440 g/mol. The summed E-state index contributed by atoms with van der Waals surface area (Å²) in [7, 11) is 0. The van der Waals surface area contributed by atoms with Gasteiger partial charge in [-0.05, 0) is 230 Å². The van der Waals surface area contributed by atoms with E-state index in [2.05, 4.69) is 118 Å². The lowest BCUT2D eigenvalue weighted by atomic mass is 9.86. The van der Waals surface area contributed by atoms with Crippen molar-refractivity contribution in [3.63, 3.8) is 0 Å². The predicted octanol–water partition coefficient (Wildman–Crippen LogP) is 19.2. The Morgan fingerprint density at radius 2 is 0.557 bits per heavy atom. The molecule has 0 saturated carbocycles. The standard InChI is InChI=1S/2C23H28O4.2C22H26O4/c2*1-4-11-25-17-6-7-18(20(24)13-17)16-12-15-5-8-21-19(22(15)26-14-16)9-10-23(2,3)27-21;2*1-4-24-16-6-7-17(19(23)12-16)15-11-14-5-8-20-18(21(14)25-13-15)9-10-22(2,3)26-20/h2*5-8,13,16,24H,4,9-12,14H2,1-3H3;2*5-8,12,15,23H,4,9-11,13H2,1-3H3/t2*16-;2*15-/m1010/s1. The molecule has 0 spiro atoms. The van der Waals surface area contributed by atoms with Gasteiger partial charge in [-0.3, -0.25) is 0 Å². The van der Waals surface area contributed by atoms with Crippen LogP contribution in [0.4, 0.5) is 0 Å². The summed E-state index contributed by atoms with van der Waals surface area (Å²) in [5.41, 5.74) is 12.7. The summed E-state index contributed by atoms with van der Waals surface area (Å²) in [4.78, 5) is 0. The number of rotatable bonds is 14. The Morgan fingerprint density at radius 3 is 0.774 bits per heavy atom. The average Bonchev–Trinajstić information content (AvgIpc) is 0.783. The molecule has 4 atom stereocenters. The van der Waals surface area contributed by atoms with Crippen LogP contribution in [0.25, 0.3) is 0 Å². The first-order valence-corrected chi connectivity index (χ1v) is 38.6. The maximum Gasteiger partial charge on any atom is 0.129 e. The van der Waals surface area contributed by atoms with E-state index in [1.54, 1.807) is 24.3 Å². The van der Waals surface area contributed by atoms with Crippen molar-refractivity contribution >= 4 is 0 Å². The fraction of sp³-hybridized carbons (Fsp3) is 0.467. The lowest BCUT2D eigenvalue weighted by molar-refractivity contribution is 0.0822. The summed E-state index contributed by atoms with van der Waals surface area (Å²) >= 11 is 0. The maximum absolute atomic E-state index is 10.5. The van der Waals surface area contributed by atoms with Crippen LogP contribution in [0, 0.1) is 0 Å². The van der Waals surface area contributed by atoms with Crippen LogP contribution in [-0.4, -0.2) is 95.7 Å². The Balaban J connectivity index is 0.000000125. The minimum Gasteiger partial charge on any atom is -0.508 e. The van der Waals surface area contributed by atoms with Gasteiger partial charge in [0.15, 0.2) is 0 Å². The molecule has 8 aliphatic rings. The average molecular weight is 1450 g/mol. The third kappa shape index (κ3) is 17.0. The molecule has 8 heterocycles. The summed E-state index contributed by atoms with van der Waals surface area (Å²) < 4.78 is 71.3. The van der Waals surface area contributed by atoms with Crippen molar-refractivity contribution in [2.75, 3.05) is 52.9 Å². The summed E-state index contributed by atoms with van der Waals surface area (Å²) in [6, 6.07) is 39.0. The van der Waals surface area contributed by atoms with E-state index >= 15 is 0 Å². The minimum absolute atomic E-state index is 0.119. The van der Waals surface area contributed by atoms with Gasteiger partial charge in [-0.2, -0.15) is 0 Å². The Morgan fingerprint density at radius 1 is 0.321 bits per heavy atom. The van der Waals surface area contributed by atoms with E-state index < -0.39 is 0 Å². The van der Waals surface area contributed by atoms with E-state index in [4.69, 9.17) is 56.8 Å². The smallest absolute Gasteiger partial charge is 0.129 e. The van der Waals surface area contributed by atoms with Crippen LogP contribution in [-0.2, 0) is 51.4 Å². The summed E-state index contributed by atoms with van der Waals surface area (Å²) in [5, 5.41) is 41.8. The highest BCUT2D eigenvalue weighted by atomic mass is 16.5. The molecule has 0 aromatic heterocycles. The van der Waals surface area contributed by atoms with Crippen LogP contribution in [0.15, 0.2) is 121 Å². The number of fused-ring (bicyclic) bond motifs is 12. The van der Waals surface area contributed by atoms with E-state index in [1.165, 1.54) is 44.5 Å². The van der Waals surface area contributed by atoms with E-state index in [1.807, 2.05) is 62.4 Å². The largest absolute Gasteiger partial charge is 0.508 e. The number of aromatic hydroxyl groups is 4. The van der Waals surface area contributed by atoms with Crippen LogP contribution in [0.2, 0.25) is 0 Å². The maximum atomic E-state index is 10.5. The Bertz CT molecular complexity index is 4170. The molecule has 0 radical (unpaired) electrons. The first-order chi connectivity index (χ1) is 50.9. The van der Waals surface area contributed by atoms with Gasteiger partial charge < -0.3 is 77.3 Å². The van der Waals surface area contributed by atoms with Gasteiger partial charge in [-0.15, -0.1) is 0 Å². The number of hydrogen-bond acceptors (Lipinski definition) is 16. The fourth-order valence-electron chi connectivity index (χ4n) is 15.9. The van der Waals surface area contributed by atoms with Gasteiger partial charge in [-0.1, -0.05) is 62.4 Å². The summed E-state index contributed by atoms with van der Waals surface area (Å²) in [5.74, 6) is 12.2. The minimum atomic E-state index is -0.119. The molecule has 16 heteroatoms. The fourth-order valence-corrected chi connectivity index (χ4v) is 15.9. The SMILES string of the molecule is CCCOc1ccc([C@@H]2COc3c(ccc4c3CCC(C)(C)O4)C2)c(O)c1.CCCOc1ccc([C@H]2COc3c(ccc4c3CCC(C)(C)O4)C2)c(O)c1.CCOc1ccc([C@@H]2COc3c(ccc4c3CCC(C)(C)O4)C2)c(O)c1.CCOc1ccc([C@H]2COc3c(ccc4c3CCC(C)(C)O4)C2)c(O)c1. The predicted molar refractivity (Wildman–Crippen MR) is 412 cm³/mol. The molecule has 0 aliphatic carbocycles. The zero-order valence-corrected chi connectivity index (χ0v) is 64.1. The number of ether oxygens (including phenoxy) is 12. The molecule has 0 saturated heterocycles. The first-order valence-electron chi connectivity index (χ1n) is 38.6. The van der Waals surface area contributed by atoms with Gasteiger partial charge in [0.1, 0.15) is 114 Å². The third-order valence-electron chi connectivity index (χ3n) is 21.6. The second-order valence-corrected chi connectivity index (χ2v) is 31.9. The van der Waals surface area contributed by atoms with Crippen LogP contribution in [0.5, 0.6) is 92.0 Å². The Hall–Kier alpha value is -9.44. The van der Waals surface area contributed by atoms with Gasteiger partial charge in [0.25, 0.3) is 0 Å². The lowest BCUT2D eigenvalue weighted by Gasteiger charge is -2.35. The Kier molecular flexibility index (Phi) is 22.3. The van der Waals surface area contributed by atoms with Crippen molar-refractivity contribution in [1.82, 2.24) is 0 Å². The molecule has 0 fully saturated rings. The molecule has 0 bridgehead atoms. The molecule has 564 valence electrons. The molecule has 8 aromatic carbocycles. The second-order valence-electron chi connectivity index (χ2n) is 31.9. The molecule has 16 rings (SSSR count). The van der Waals surface area contributed by atoms with E-state index in [9.17, 15) is 20.4 Å². The van der Waals surface area contributed by atoms with Crippen LogP contribution in [0.1, 0.15) is 212 Å². The molecule has 8 aliphatic heterocycles. The van der Waals surface area contributed by atoms with Crippen LogP contribution in [0.3, 0.4) is 0 Å². The van der Waals surface area contributed by atoms with Crippen molar-refractivity contribution in [3.05, 3.63) is 188 Å². The van der Waals surface area contributed by atoms with Gasteiger partial charge in [0.05, 0.1) is 52.9 Å². The van der Waals surface area contributed by atoms with Crippen molar-refractivity contribution < 1.29 is 77.3 Å². The Labute approximate surface area is 626 Å². The molecular weight excluding hydrogens is 1340 g/mol. The van der Waals surface area contributed by atoms with Crippen molar-refractivity contribution in [2.45, 2.75) is 219 Å². The highest BCUT2D eigenvalue weighted by molar-refractivity contribution is 5.59. The molecule has 0 amide bonds. The summed E-state index contributed by atoms with van der Waals surface area (Å²) in [6.45, 7) is 29.8. The van der Waals surface area contributed by atoms with E-state index in [-0.39, 0.29) is 69.1 Å². The second kappa shape index (κ2) is 31.6. The third-order valence-corrected chi connectivity index (χ3v) is 21.6. The quantitative estimate of drug-likeness (QED) is 0.0803. The highest BCUT2D eigenvalue weighted by Crippen LogP contribution is 2.51. The normalized spacial score (nSPS) is 20.2. The van der Waals surface area contributed by atoms with E-state index in [0.717, 1.165) is 158 Å². The molecule has 106 heavy (non-hydrogen) atoms. The van der Waals surface area contributed by atoms with Gasteiger partial charge in [0, 0.05) is 92.4 Å². The van der Waals surface area contributed by atoms with E-state index in [0.29, 0.717) is 75.9 Å². The van der Waals surface area contributed by atoms with Gasteiger partial charge in [-0.25, -0.2) is 0 Å². The number of benzene rings is 8. The topological polar surface area (TPSA) is 192 Å². The lowest BCUT2D eigenvalue weighted by Crippen LogP contribution is -2.33. The number of phenols is 4.